The van der Waals surface area contributed by atoms with Gasteiger partial charge in [-0.05, 0) is 43.0 Å². The summed E-state index contributed by atoms with van der Waals surface area (Å²) in [6, 6.07) is 7.02. The summed E-state index contributed by atoms with van der Waals surface area (Å²) in [5.74, 6) is -0.182. The van der Waals surface area contributed by atoms with E-state index in [1.54, 1.807) is 17.4 Å². The molecule has 0 spiro atoms. The van der Waals surface area contributed by atoms with Crippen molar-refractivity contribution >= 4 is 22.9 Å². The summed E-state index contributed by atoms with van der Waals surface area (Å²) in [6.45, 7) is 4.80. The molecule has 4 heteroatoms. The number of halogens is 2. The van der Waals surface area contributed by atoms with Crippen molar-refractivity contribution in [3.05, 3.63) is 56.5 Å². The summed E-state index contributed by atoms with van der Waals surface area (Å²) in [5, 5.41) is 6.00. The monoisotopic (exact) mass is 297 g/mol. The lowest BCUT2D eigenvalue weighted by atomic mass is 10.0. The zero-order valence-electron chi connectivity index (χ0n) is 11.0. The van der Waals surface area contributed by atoms with E-state index in [9.17, 15) is 4.39 Å². The number of rotatable bonds is 5. The summed E-state index contributed by atoms with van der Waals surface area (Å²) in [7, 11) is 0. The fourth-order valence-corrected chi connectivity index (χ4v) is 3.27. The largest absolute Gasteiger partial charge is 0.305 e. The Morgan fingerprint density at radius 1 is 1.37 bits per heavy atom. The predicted molar refractivity (Wildman–Crippen MR) is 80.6 cm³/mol. The second kappa shape index (κ2) is 6.51. The Kier molecular flexibility index (Phi) is 4.97. The van der Waals surface area contributed by atoms with Crippen molar-refractivity contribution in [1.82, 2.24) is 5.32 Å². The first-order chi connectivity index (χ1) is 9.13. The topological polar surface area (TPSA) is 12.0 Å². The van der Waals surface area contributed by atoms with Gasteiger partial charge in [0.25, 0.3) is 0 Å². The summed E-state index contributed by atoms with van der Waals surface area (Å²) in [6.07, 6.45) is 0.993. The molecule has 1 aromatic carbocycles. The highest BCUT2D eigenvalue weighted by molar-refractivity contribution is 7.10. The van der Waals surface area contributed by atoms with Gasteiger partial charge in [-0.1, -0.05) is 30.7 Å². The molecule has 0 fully saturated rings. The Hall–Kier alpha value is -0.900. The van der Waals surface area contributed by atoms with Crippen LogP contribution in [0.2, 0.25) is 5.02 Å². The van der Waals surface area contributed by atoms with Crippen LogP contribution < -0.4 is 5.32 Å². The minimum absolute atomic E-state index is 0.173. The van der Waals surface area contributed by atoms with Gasteiger partial charge in [-0.25, -0.2) is 4.39 Å². The van der Waals surface area contributed by atoms with E-state index in [2.05, 4.69) is 12.2 Å². The first-order valence-corrected chi connectivity index (χ1v) is 7.61. The van der Waals surface area contributed by atoms with Crippen molar-refractivity contribution in [2.45, 2.75) is 26.3 Å². The van der Waals surface area contributed by atoms with Crippen LogP contribution in [0.25, 0.3) is 0 Å². The van der Waals surface area contributed by atoms with Crippen molar-refractivity contribution in [3.63, 3.8) is 0 Å². The summed E-state index contributed by atoms with van der Waals surface area (Å²) < 4.78 is 14.2. The minimum atomic E-state index is -0.182. The Morgan fingerprint density at radius 2 is 2.16 bits per heavy atom. The number of hydrogen-bond acceptors (Lipinski definition) is 2. The van der Waals surface area contributed by atoms with Crippen molar-refractivity contribution in [1.29, 1.82) is 0 Å². The fraction of sp³-hybridized carbons (Fsp3) is 0.333. The molecule has 0 aliphatic rings. The molecule has 2 rings (SSSR count). The van der Waals surface area contributed by atoms with Gasteiger partial charge in [0.05, 0.1) is 11.1 Å². The maximum absolute atomic E-state index is 14.2. The average Bonchev–Trinajstić information content (AvgIpc) is 2.78. The molecule has 0 aliphatic heterocycles. The molecule has 102 valence electrons. The molecule has 1 atom stereocenters. The Morgan fingerprint density at radius 3 is 2.74 bits per heavy atom. The molecule has 1 N–H and O–H groups in total. The van der Waals surface area contributed by atoms with Gasteiger partial charge in [0.15, 0.2) is 0 Å². The van der Waals surface area contributed by atoms with E-state index in [1.165, 1.54) is 0 Å². The van der Waals surface area contributed by atoms with Crippen LogP contribution >= 0.6 is 22.9 Å². The van der Waals surface area contributed by atoms with Crippen molar-refractivity contribution in [2.75, 3.05) is 6.54 Å². The van der Waals surface area contributed by atoms with Gasteiger partial charge < -0.3 is 5.32 Å². The van der Waals surface area contributed by atoms with Crippen LogP contribution in [0.5, 0.6) is 0 Å². The second-order valence-corrected chi connectivity index (χ2v) is 5.90. The van der Waals surface area contributed by atoms with Crippen LogP contribution in [-0.4, -0.2) is 6.54 Å². The third kappa shape index (κ3) is 3.35. The maximum atomic E-state index is 14.2. The minimum Gasteiger partial charge on any atom is -0.305 e. The predicted octanol–water partition coefficient (Wildman–Crippen LogP) is 4.94. The Bertz CT molecular complexity index is 553. The molecular weight excluding hydrogens is 281 g/mol. The Balaban J connectivity index is 2.40. The SMILES string of the molecule is CCCNC(c1ccc(C)cc1F)c1sccc1Cl. The molecule has 0 saturated heterocycles. The molecule has 2 aromatic rings. The van der Waals surface area contributed by atoms with Gasteiger partial charge >= 0.3 is 0 Å². The number of nitrogens with one attached hydrogen (secondary N) is 1. The van der Waals surface area contributed by atoms with Gasteiger partial charge in [0.2, 0.25) is 0 Å². The van der Waals surface area contributed by atoms with Gasteiger partial charge in [-0.3, -0.25) is 0 Å². The maximum Gasteiger partial charge on any atom is 0.128 e. The number of benzene rings is 1. The molecule has 19 heavy (non-hydrogen) atoms. The van der Waals surface area contributed by atoms with E-state index in [1.807, 2.05) is 30.5 Å². The van der Waals surface area contributed by atoms with Gasteiger partial charge in [-0.15, -0.1) is 11.3 Å². The lowest BCUT2D eigenvalue weighted by Crippen LogP contribution is -2.23. The normalized spacial score (nSPS) is 12.6. The molecule has 0 radical (unpaired) electrons. The fourth-order valence-electron chi connectivity index (χ4n) is 2.01. The zero-order valence-corrected chi connectivity index (χ0v) is 12.6. The summed E-state index contributed by atoms with van der Waals surface area (Å²) in [4.78, 5) is 0.970. The van der Waals surface area contributed by atoms with Crippen LogP contribution in [-0.2, 0) is 0 Å². The van der Waals surface area contributed by atoms with E-state index in [0.29, 0.717) is 10.6 Å². The van der Waals surface area contributed by atoms with Gasteiger partial charge in [0, 0.05) is 10.4 Å². The number of aryl methyl sites for hydroxylation is 1. The van der Waals surface area contributed by atoms with Crippen LogP contribution in [0, 0.1) is 12.7 Å². The van der Waals surface area contributed by atoms with Crippen molar-refractivity contribution in [3.8, 4) is 0 Å². The van der Waals surface area contributed by atoms with Crippen LogP contribution in [0.15, 0.2) is 29.6 Å². The molecule has 1 nitrogen and oxygen atoms in total. The number of thiophene rings is 1. The average molecular weight is 298 g/mol. The van der Waals surface area contributed by atoms with Crippen LogP contribution in [0.1, 0.15) is 35.4 Å². The smallest absolute Gasteiger partial charge is 0.128 e. The molecular formula is C15H17ClFNS. The first-order valence-electron chi connectivity index (χ1n) is 6.35. The van der Waals surface area contributed by atoms with E-state index in [4.69, 9.17) is 11.6 Å². The first kappa shape index (κ1) is 14.5. The van der Waals surface area contributed by atoms with Crippen molar-refractivity contribution in [2.24, 2.45) is 0 Å². The lowest BCUT2D eigenvalue weighted by Gasteiger charge is -2.19. The summed E-state index contributed by atoms with van der Waals surface area (Å²) >= 11 is 7.75. The molecule has 1 heterocycles. The van der Waals surface area contributed by atoms with Gasteiger partial charge in [0.1, 0.15) is 5.82 Å². The Labute approximate surface area is 122 Å². The zero-order chi connectivity index (χ0) is 13.8. The highest BCUT2D eigenvalue weighted by atomic mass is 35.5. The van der Waals surface area contributed by atoms with E-state index in [-0.39, 0.29) is 11.9 Å². The van der Waals surface area contributed by atoms with E-state index >= 15 is 0 Å². The molecule has 0 aliphatic carbocycles. The van der Waals surface area contributed by atoms with E-state index < -0.39 is 0 Å². The van der Waals surface area contributed by atoms with Crippen LogP contribution in [0.4, 0.5) is 4.39 Å². The molecule has 0 bridgehead atoms. The lowest BCUT2D eigenvalue weighted by molar-refractivity contribution is 0.550. The standard InChI is InChI=1S/C15H17ClFNS/c1-3-7-18-14(15-12(16)6-8-19-15)11-5-4-10(2)9-13(11)17/h4-6,8-9,14,18H,3,7H2,1-2H3. The number of hydrogen-bond donors (Lipinski definition) is 1. The van der Waals surface area contributed by atoms with Crippen molar-refractivity contribution < 1.29 is 4.39 Å². The van der Waals surface area contributed by atoms with E-state index in [0.717, 1.165) is 23.4 Å². The van der Waals surface area contributed by atoms with Crippen LogP contribution in [0.3, 0.4) is 0 Å². The molecule has 0 saturated carbocycles. The third-order valence-electron chi connectivity index (χ3n) is 2.97. The highest BCUT2D eigenvalue weighted by Crippen LogP contribution is 2.34. The quantitative estimate of drug-likeness (QED) is 0.824. The second-order valence-electron chi connectivity index (χ2n) is 4.54. The molecule has 1 aromatic heterocycles. The third-order valence-corrected chi connectivity index (χ3v) is 4.40. The molecule has 1 unspecified atom stereocenters. The molecule has 0 amide bonds. The highest BCUT2D eigenvalue weighted by Gasteiger charge is 2.20. The van der Waals surface area contributed by atoms with Gasteiger partial charge in [-0.2, -0.15) is 0 Å². The summed E-state index contributed by atoms with van der Waals surface area (Å²) in [5.41, 5.74) is 1.58.